The molecule has 0 N–H and O–H groups in total. The summed E-state index contributed by atoms with van der Waals surface area (Å²) in [6.07, 6.45) is 2.52. The molecule has 6 heteroatoms. The Hall–Kier alpha value is -1.98. The molecule has 2 heterocycles. The lowest BCUT2D eigenvalue weighted by atomic mass is 10.4. The standard InChI is InChI=1S/C8H6FN3O2/c9-8-6(2-1-3-10-8)13-4-7-11-5-14-12-7/h1-3,5H,4H2. The van der Waals surface area contributed by atoms with Gasteiger partial charge < -0.3 is 9.26 Å². The summed E-state index contributed by atoms with van der Waals surface area (Å²) in [6, 6.07) is 3.05. The van der Waals surface area contributed by atoms with Gasteiger partial charge >= 0.3 is 0 Å². The molecule has 72 valence electrons. The zero-order chi connectivity index (χ0) is 9.80. The minimum absolute atomic E-state index is 0.0547. The fraction of sp³-hybridized carbons (Fsp3) is 0.125. The van der Waals surface area contributed by atoms with Crippen molar-refractivity contribution in [3.05, 3.63) is 36.5 Å². The van der Waals surface area contributed by atoms with Gasteiger partial charge in [-0.05, 0) is 12.1 Å². The number of nitrogens with zero attached hydrogens (tertiary/aromatic N) is 3. The van der Waals surface area contributed by atoms with Crippen molar-refractivity contribution in [1.29, 1.82) is 0 Å². The van der Waals surface area contributed by atoms with Gasteiger partial charge in [0.25, 0.3) is 5.95 Å². The second-order valence-electron chi connectivity index (χ2n) is 2.43. The molecule has 0 fully saturated rings. The highest BCUT2D eigenvalue weighted by molar-refractivity contribution is 5.17. The number of hydrogen-bond donors (Lipinski definition) is 0. The highest BCUT2D eigenvalue weighted by Gasteiger charge is 2.04. The number of aromatic nitrogens is 3. The van der Waals surface area contributed by atoms with E-state index >= 15 is 0 Å². The third kappa shape index (κ3) is 1.85. The summed E-state index contributed by atoms with van der Waals surface area (Å²) >= 11 is 0. The Labute approximate surface area is 78.5 Å². The van der Waals surface area contributed by atoms with Crippen LogP contribution in [-0.4, -0.2) is 15.1 Å². The van der Waals surface area contributed by atoms with Crippen LogP contribution < -0.4 is 4.74 Å². The highest BCUT2D eigenvalue weighted by Crippen LogP contribution is 2.13. The van der Waals surface area contributed by atoms with Gasteiger partial charge in [-0.15, -0.1) is 0 Å². The van der Waals surface area contributed by atoms with Crippen molar-refractivity contribution < 1.29 is 13.7 Å². The largest absolute Gasteiger partial charge is 0.481 e. The van der Waals surface area contributed by atoms with Gasteiger partial charge in [-0.2, -0.15) is 9.37 Å². The maximum absolute atomic E-state index is 12.9. The van der Waals surface area contributed by atoms with Crippen LogP contribution in [0.4, 0.5) is 4.39 Å². The van der Waals surface area contributed by atoms with Crippen LogP contribution in [-0.2, 0) is 6.61 Å². The summed E-state index contributed by atoms with van der Waals surface area (Å²) in [4.78, 5) is 7.14. The van der Waals surface area contributed by atoms with Crippen LogP contribution >= 0.6 is 0 Å². The van der Waals surface area contributed by atoms with Crippen LogP contribution in [0.1, 0.15) is 5.82 Å². The van der Waals surface area contributed by atoms with Gasteiger partial charge in [-0.3, -0.25) is 0 Å². The molecule has 5 nitrogen and oxygen atoms in total. The van der Waals surface area contributed by atoms with Gasteiger partial charge in [0, 0.05) is 6.20 Å². The van der Waals surface area contributed by atoms with Gasteiger partial charge in [0.05, 0.1) is 0 Å². The van der Waals surface area contributed by atoms with Crippen LogP contribution in [0.2, 0.25) is 0 Å². The molecule has 0 amide bonds. The topological polar surface area (TPSA) is 61.0 Å². The summed E-state index contributed by atoms with van der Waals surface area (Å²) < 4.78 is 22.5. The Balaban J connectivity index is 2.02. The monoisotopic (exact) mass is 195 g/mol. The molecule has 0 saturated heterocycles. The van der Waals surface area contributed by atoms with Crippen LogP contribution in [0, 0.1) is 5.95 Å². The van der Waals surface area contributed by atoms with E-state index in [2.05, 4.69) is 19.6 Å². The Morgan fingerprint density at radius 3 is 3.07 bits per heavy atom. The molecular weight excluding hydrogens is 189 g/mol. The van der Waals surface area contributed by atoms with E-state index in [4.69, 9.17) is 4.74 Å². The number of halogens is 1. The normalized spacial score (nSPS) is 10.1. The predicted molar refractivity (Wildman–Crippen MR) is 42.8 cm³/mol. The molecule has 0 bridgehead atoms. The molecule has 0 radical (unpaired) electrons. The Morgan fingerprint density at radius 2 is 2.36 bits per heavy atom. The van der Waals surface area contributed by atoms with Crippen molar-refractivity contribution in [2.75, 3.05) is 0 Å². The first kappa shape index (κ1) is 8.61. The number of hydrogen-bond acceptors (Lipinski definition) is 5. The zero-order valence-electron chi connectivity index (χ0n) is 7.05. The molecule has 2 aromatic heterocycles. The summed E-state index contributed by atoms with van der Waals surface area (Å²) in [5.41, 5.74) is 0. The van der Waals surface area contributed by atoms with Crippen molar-refractivity contribution in [2.24, 2.45) is 0 Å². The van der Waals surface area contributed by atoms with E-state index < -0.39 is 5.95 Å². The maximum Gasteiger partial charge on any atom is 0.255 e. The smallest absolute Gasteiger partial charge is 0.255 e. The van der Waals surface area contributed by atoms with Gasteiger partial charge in [-0.1, -0.05) is 5.16 Å². The maximum atomic E-state index is 12.9. The van der Waals surface area contributed by atoms with E-state index in [0.29, 0.717) is 5.82 Å². The SMILES string of the molecule is Fc1ncccc1OCc1ncon1. The molecule has 0 spiro atoms. The van der Waals surface area contributed by atoms with Crippen molar-refractivity contribution in [3.8, 4) is 5.75 Å². The summed E-state index contributed by atoms with van der Waals surface area (Å²) in [5.74, 6) is -0.235. The fourth-order valence-corrected chi connectivity index (χ4v) is 0.877. The second kappa shape index (κ2) is 3.82. The first-order valence-corrected chi connectivity index (χ1v) is 3.85. The third-order valence-electron chi connectivity index (χ3n) is 1.49. The number of pyridine rings is 1. The average Bonchev–Trinajstić information content (AvgIpc) is 2.69. The Morgan fingerprint density at radius 1 is 1.43 bits per heavy atom. The predicted octanol–water partition coefficient (Wildman–Crippen LogP) is 1.18. The average molecular weight is 195 g/mol. The fourth-order valence-electron chi connectivity index (χ4n) is 0.877. The van der Waals surface area contributed by atoms with Crippen LogP contribution in [0.15, 0.2) is 29.2 Å². The molecule has 0 aliphatic rings. The molecule has 0 aliphatic heterocycles. The minimum atomic E-state index is -0.656. The molecule has 0 saturated carbocycles. The Bertz CT molecular complexity index is 405. The number of rotatable bonds is 3. The van der Waals surface area contributed by atoms with Crippen LogP contribution in [0.25, 0.3) is 0 Å². The van der Waals surface area contributed by atoms with E-state index in [1.165, 1.54) is 18.7 Å². The molecule has 0 unspecified atom stereocenters. The van der Waals surface area contributed by atoms with E-state index in [9.17, 15) is 4.39 Å². The molecule has 0 atom stereocenters. The first-order chi connectivity index (χ1) is 6.86. The van der Waals surface area contributed by atoms with E-state index in [1.807, 2.05) is 0 Å². The zero-order valence-corrected chi connectivity index (χ0v) is 7.05. The molecule has 14 heavy (non-hydrogen) atoms. The molecule has 0 aromatic carbocycles. The third-order valence-corrected chi connectivity index (χ3v) is 1.49. The second-order valence-corrected chi connectivity index (χ2v) is 2.43. The first-order valence-electron chi connectivity index (χ1n) is 3.85. The summed E-state index contributed by atoms with van der Waals surface area (Å²) in [7, 11) is 0. The summed E-state index contributed by atoms with van der Waals surface area (Å²) in [6.45, 7) is 0.0547. The van der Waals surface area contributed by atoms with Crippen LogP contribution in [0.3, 0.4) is 0 Å². The minimum Gasteiger partial charge on any atom is -0.481 e. The van der Waals surface area contributed by atoms with Crippen molar-refractivity contribution in [1.82, 2.24) is 15.1 Å². The van der Waals surface area contributed by atoms with Crippen molar-refractivity contribution >= 4 is 0 Å². The van der Waals surface area contributed by atoms with Crippen molar-refractivity contribution in [2.45, 2.75) is 6.61 Å². The number of ether oxygens (including phenoxy) is 1. The lowest BCUT2D eigenvalue weighted by Gasteiger charge is -2.02. The van der Waals surface area contributed by atoms with E-state index in [0.717, 1.165) is 0 Å². The molecule has 2 aromatic rings. The van der Waals surface area contributed by atoms with Gasteiger partial charge in [0.1, 0.15) is 0 Å². The molecular formula is C8H6FN3O2. The van der Waals surface area contributed by atoms with Crippen LogP contribution in [0.5, 0.6) is 5.75 Å². The van der Waals surface area contributed by atoms with Crippen molar-refractivity contribution in [3.63, 3.8) is 0 Å². The van der Waals surface area contributed by atoms with Gasteiger partial charge in [0.2, 0.25) is 12.2 Å². The highest BCUT2D eigenvalue weighted by atomic mass is 19.1. The van der Waals surface area contributed by atoms with E-state index in [1.54, 1.807) is 6.07 Å². The summed E-state index contributed by atoms with van der Waals surface area (Å²) in [5, 5.41) is 3.51. The quantitative estimate of drug-likeness (QED) is 0.688. The molecule has 0 aliphatic carbocycles. The van der Waals surface area contributed by atoms with Gasteiger partial charge in [0.15, 0.2) is 12.4 Å². The lowest BCUT2D eigenvalue weighted by molar-refractivity contribution is 0.270. The van der Waals surface area contributed by atoms with Gasteiger partial charge in [-0.25, -0.2) is 4.98 Å². The Kier molecular flexibility index (Phi) is 2.35. The molecule has 2 rings (SSSR count). The lowest BCUT2D eigenvalue weighted by Crippen LogP contribution is -1.99. The van der Waals surface area contributed by atoms with E-state index in [-0.39, 0.29) is 12.4 Å².